The van der Waals surface area contributed by atoms with Crippen molar-refractivity contribution in [2.45, 2.75) is 13.1 Å². The van der Waals surface area contributed by atoms with Gasteiger partial charge in [0, 0.05) is 47.3 Å². The maximum Gasteiger partial charge on any atom is 0.269 e. The summed E-state index contributed by atoms with van der Waals surface area (Å²) in [5.74, 6) is 0. The van der Waals surface area contributed by atoms with Crippen LogP contribution in [0.1, 0.15) is 27.3 Å². The second-order valence-electron chi connectivity index (χ2n) is 9.84. The summed E-state index contributed by atoms with van der Waals surface area (Å²) in [5, 5.41) is 11.7. The number of fused-ring (bicyclic) bond motifs is 7. The van der Waals surface area contributed by atoms with Crippen LogP contribution in [0.15, 0.2) is 88.3 Å². The van der Waals surface area contributed by atoms with Crippen molar-refractivity contribution in [2.75, 3.05) is 16.5 Å². The summed E-state index contributed by atoms with van der Waals surface area (Å²) in [6, 6.07) is 25.6. The number of benzene rings is 4. The van der Waals surface area contributed by atoms with E-state index in [0.29, 0.717) is 0 Å². The van der Waals surface area contributed by atoms with Crippen molar-refractivity contribution >= 4 is 78.6 Å². The van der Waals surface area contributed by atoms with Crippen LogP contribution < -0.4 is 9.80 Å². The molecule has 196 valence electrons. The second kappa shape index (κ2) is 10.0. The predicted molar refractivity (Wildman–Crippen MR) is 167 cm³/mol. The first kappa shape index (κ1) is 24.7. The molecule has 9 heteroatoms. The molecule has 7 rings (SSSR count). The molecule has 2 aliphatic heterocycles. The summed E-state index contributed by atoms with van der Waals surface area (Å²) < 4.78 is 2.18. The lowest BCUT2D eigenvalue weighted by Crippen LogP contribution is -2.46. The van der Waals surface area contributed by atoms with Gasteiger partial charge in [0.15, 0.2) is 0 Å². The molecular formula is C31H22BrN5O2S. The summed E-state index contributed by atoms with van der Waals surface area (Å²) >= 11 is 5.20. The van der Waals surface area contributed by atoms with Crippen LogP contribution in [-0.4, -0.2) is 22.8 Å². The molecule has 2 aliphatic rings. The van der Waals surface area contributed by atoms with Crippen LogP contribution in [0.5, 0.6) is 0 Å². The number of non-ortho nitro benzene ring substituents is 1. The average molecular weight is 609 g/mol. The molecular weight excluding hydrogens is 586 g/mol. The lowest BCUT2D eigenvalue weighted by Gasteiger charge is -2.44. The maximum atomic E-state index is 10.9. The van der Waals surface area contributed by atoms with Gasteiger partial charge in [0.2, 0.25) is 0 Å². The zero-order valence-electron chi connectivity index (χ0n) is 21.2. The average Bonchev–Trinajstić information content (AvgIpc) is 3.37. The SMILES string of the molecule is O=[N+]([O-])c1ccc(/C=C/c2nc3ccc(/N=C/c4ccc5c(c4)CN4CN5Cc5cc(Br)ccc54)cc3s2)cc1. The van der Waals surface area contributed by atoms with E-state index in [9.17, 15) is 10.1 Å². The van der Waals surface area contributed by atoms with E-state index in [0.717, 1.165) is 56.3 Å². The van der Waals surface area contributed by atoms with Gasteiger partial charge in [-0.2, -0.15) is 0 Å². The first-order valence-electron chi connectivity index (χ1n) is 12.8. The van der Waals surface area contributed by atoms with Crippen LogP contribution in [0.3, 0.4) is 0 Å². The van der Waals surface area contributed by atoms with Gasteiger partial charge in [0.05, 0.1) is 27.5 Å². The fraction of sp³-hybridized carbons (Fsp3) is 0.0968. The van der Waals surface area contributed by atoms with E-state index in [2.05, 4.69) is 73.2 Å². The largest absolute Gasteiger partial charge is 0.349 e. The zero-order chi connectivity index (χ0) is 27.2. The molecule has 0 aliphatic carbocycles. The van der Waals surface area contributed by atoms with Gasteiger partial charge in [0.25, 0.3) is 5.69 Å². The molecule has 7 nitrogen and oxygen atoms in total. The van der Waals surface area contributed by atoms with Crippen LogP contribution >= 0.6 is 27.3 Å². The molecule has 0 N–H and O–H groups in total. The Labute approximate surface area is 243 Å². The maximum absolute atomic E-state index is 10.9. The summed E-state index contributed by atoms with van der Waals surface area (Å²) in [6.07, 6.45) is 5.77. The van der Waals surface area contributed by atoms with E-state index in [1.807, 2.05) is 30.5 Å². The highest BCUT2D eigenvalue weighted by atomic mass is 79.9. The fourth-order valence-electron chi connectivity index (χ4n) is 5.26. The van der Waals surface area contributed by atoms with Crippen molar-refractivity contribution in [3.63, 3.8) is 0 Å². The molecule has 40 heavy (non-hydrogen) atoms. The Balaban J connectivity index is 1.08. The summed E-state index contributed by atoms with van der Waals surface area (Å²) in [6.45, 7) is 2.70. The highest BCUT2D eigenvalue weighted by molar-refractivity contribution is 9.10. The van der Waals surface area contributed by atoms with E-state index in [1.165, 1.54) is 34.6 Å². The number of halogens is 1. The molecule has 0 spiro atoms. The summed E-state index contributed by atoms with van der Waals surface area (Å²) in [4.78, 5) is 24.8. The van der Waals surface area contributed by atoms with Gasteiger partial charge in [0.1, 0.15) is 5.01 Å². The first-order chi connectivity index (χ1) is 19.5. The number of aliphatic imine (C=N–C) groups is 1. The van der Waals surface area contributed by atoms with E-state index < -0.39 is 4.92 Å². The first-order valence-corrected chi connectivity index (χ1v) is 14.4. The molecule has 5 aromatic rings. The number of nitro benzene ring substituents is 1. The Kier molecular flexibility index (Phi) is 6.17. The van der Waals surface area contributed by atoms with Crippen molar-refractivity contribution in [1.82, 2.24) is 4.98 Å². The van der Waals surface area contributed by atoms with Crippen LogP contribution in [-0.2, 0) is 13.1 Å². The predicted octanol–water partition coefficient (Wildman–Crippen LogP) is 8.19. The number of rotatable bonds is 5. The van der Waals surface area contributed by atoms with Gasteiger partial charge < -0.3 is 9.80 Å². The molecule has 1 aromatic heterocycles. The number of nitro groups is 1. The summed E-state index contributed by atoms with van der Waals surface area (Å²) in [5.41, 5.74) is 9.10. The lowest BCUT2D eigenvalue weighted by atomic mass is 10.0. The van der Waals surface area contributed by atoms with Gasteiger partial charge >= 0.3 is 0 Å². The van der Waals surface area contributed by atoms with Crippen molar-refractivity contribution in [1.29, 1.82) is 0 Å². The third kappa shape index (κ3) is 4.78. The third-order valence-electron chi connectivity index (χ3n) is 7.16. The number of thiazole rings is 1. The molecule has 0 radical (unpaired) electrons. The fourth-order valence-corrected chi connectivity index (χ4v) is 6.57. The van der Waals surface area contributed by atoms with Crippen LogP contribution in [0.4, 0.5) is 22.7 Å². The van der Waals surface area contributed by atoms with Crippen molar-refractivity contribution in [3.8, 4) is 0 Å². The standard InChI is InChI=1S/C31H22BrN5O2S/c32-24-5-11-29-23(14-24)18-36-19-35(29)17-22-13-21(3-10-28(22)36)16-33-25-6-9-27-30(15-25)40-31(34-27)12-4-20-1-7-26(8-2-20)37(38)39/h1-16H,17-19H2/b12-4+,33-16+. The smallest absolute Gasteiger partial charge is 0.269 e. The van der Waals surface area contributed by atoms with Gasteiger partial charge in [-0.3, -0.25) is 15.1 Å². The topological polar surface area (TPSA) is 74.9 Å². The second-order valence-corrected chi connectivity index (χ2v) is 11.8. The van der Waals surface area contributed by atoms with Gasteiger partial charge in [-0.25, -0.2) is 4.98 Å². The van der Waals surface area contributed by atoms with Gasteiger partial charge in [-0.15, -0.1) is 11.3 Å². The van der Waals surface area contributed by atoms with Crippen LogP contribution in [0.2, 0.25) is 0 Å². The van der Waals surface area contributed by atoms with Gasteiger partial charge in [-0.1, -0.05) is 28.1 Å². The minimum atomic E-state index is -0.397. The Bertz CT molecular complexity index is 1850. The van der Waals surface area contributed by atoms with E-state index in [-0.39, 0.29) is 5.69 Å². The number of nitrogens with zero attached hydrogens (tertiary/aromatic N) is 5. The Morgan fingerprint density at radius 2 is 1.60 bits per heavy atom. The van der Waals surface area contributed by atoms with Crippen molar-refractivity contribution in [3.05, 3.63) is 121 Å². The molecule has 0 saturated carbocycles. The minimum Gasteiger partial charge on any atom is -0.349 e. The zero-order valence-corrected chi connectivity index (χ0v) is 23.6. The van der Waals surface area contributed by atoms with Crippen molar-refractivity contribution in [2.24, 2.45) is 4.99 Å². The molecule has 0 fully saturated rings. The van der Waals surface area contributed by atoms with Crippen molar-refractivity contribution < 1.29 is 4.92 Å². The van der Waals surface area contributed by atoms with Crippen LogP contribution in [0.25, 0.3) is 22.4 Å². The normalized spacial score (nSPS) is 14.2. The molecule has 2 bridgehead atoms. The summed E-state index contributed by atoms with van der Waals surface area (Å²) in [7, 11) is 0. The molecule has 0 unspecified atom stereocenters. The monoisotopic (exact) mass is 607 g/mol. The third-order valence-corrected chi connectivity index (χ3v) is 8.64. The Morgan fingerprint density at radius 3 is 2.38 bits per heavy atom. The van der Waals surface area contributed by atoms with E-state index >= 15 is 0 Å². The molecule has 0 atom stereocenters. The molecule has 0 amide bonds. The lowest BCUT2D eigenvalue weighted by molar-refractivity contribution is -0.384. The highest BCUT2D eigenvalue weighted by Gasteiger charge is 2.29. The number of hydrogen-bond acceptors (Lipinski definition) is 7. The number of hydrogen-bond donors (Lipinski definition) is 0. The Morgan fingerprint density at radius 1 is 0.875 bits per heavy atom. The highest BCUT2D eigenvalue weighted by Crippen LogP contribution is 2.39. The van der Waals surface area contributed by atoms with Crippen LogP contribution in [0, 0.1) is 10.1 Å². The van der Waals surface area contributed by atoms with E-state index in [1.54, 1.807) is 23.5 Å². The molecule has 3 heterocycles. The molecule has 4 aromatic carbocycles. The number of anilines is 2. The van der Waals surface area contributed by atoms with E-state index in [4.69, 9.17) is 4.99 Å². The number of aromatic nitrogens is 1. The van der Waals surface area contributed by atoms with Gasteiger partial charge in [-0.05, 0) is 89.0 Å². The minimum absolute atomic E-state index is 0.0815. The molecule has 0 saturated heterocycles. The Hall–Kier alpha value is -4.34. The quantitative estimate of drug-likeness (QED) is 0.114.